The molecule has 116 valence electrons. The summed E-state index contributed by atoms with van der Waals surface area (Å²) in [6.45, 7) is 9.99. The standard InChI is InChI=1S/C16H31N3O/c1-14(12-17)13-18-8-10-19(11-9-18)15(20)16(2)6-4-3-5-7-16/h14H,3-13,17H2,1-2H3. The van der Waals surface area contributed by atoms with E-state index in [4.69, 9.17) is 5.73 Å². The lowest BCUT2D eigenvalue weighted by atomic mass is 9.74. The monoisotopic (exact) mass is 281 g/mol. The minimum absolute atomic E-state index is 0.0784. The zero-order chi connectivity index (χ0) is 14.6. The molecule has 2 rings (SSSR count). The van der Waals surface area contributed by atoms with Crippen LogP contribution in [0.3, 0.4) is 0 Å². The Morgan fingerprint density at radius 3 is 2.30 bits per heavy atom. The summed E-state index contributed by atoms with van der Waals surface area (Å²) in [4.78, 5) is 17.3. The molecule has 1 amide bonds. The van der Waals surface area contributed by atoms with Gasteiger partial charge in [-0.3, -0.25) is 9.69 Å². The van der Waals surface area contributed by atoms with E-state index in [1.54, 1.807) is 0 Å². The van der Waals surface area contributed by atoms with Crippen LogP contribution >= 0.6 is 0 Å². The number of hydrogen-bond donors (Lipinski definition) is 1. The molecule has 4 heteroatoms. The van der Waals surface area contributed by atoms with Crippen molar-refractivity contribution in [2.75, 3.05) is 39.3 Å². The van der Waals surface area contributed by atoms with Crippen molar-refractivity contribution in [1.82, 2.24) is 9.80 Å². The zero-order valence-electron chi connectivity index (χ0n) is 13.2. The number of carbonyl (C=O) groups is 1. The number of nitrogens with two attached hydrogens (primary N) is 1. The predicted molar refractivity (Wildman–Crippen MR) is 82.4 cm³/mol. The summed E-state index contributed by atoms with van der Waals surface area (Å²) in [5, 5.41) is 0. The Kier molecular flexibility index (Phi) is 5.44. The minimum Gasteiger partial charge on any atom is -0.340 e. The number of hydrogen-bond acceptors (Lipinski definition) is 3. The molecule has 1 aliphatic heterocycles. The Hall–Kier alpha value is -0.610. The molecule has 1 aliphatic carbocycles. The average molecular weight is 281 g/mol. The molecule has 0 bridgehead atoms. The quantitative estimate of drug-likeness (QED) is 0.853. The largest absolute Gasteiger partial charge is 0.340 e. The number of carbonyl (C=O) groups excluding carboxylic acids is 1. The predicted octanol–water partition coefficient (Wildman–Crippen LogP) is 1.70. The van der Waals surface area contributed by atoms with Crippen molar-refractivity contribution in [3.63, 3.8) is 0 Å². The van der Waals surface area contributed by atoms with E-state index in [1.165, 1.54) is 19.3 Å². The van der Waals surface area contributed by atoms with Gasteiger partial charge in [-0.15, -0.1) is 0 Å². The van der Waals surface area contributed by atoms with Gasteiger partial charge < -0.3 is 10.6 Å². The van der Waals surface area contributed by atoms with Crippen LogP contribution in [-0.2, 0) is 4.79 Å². The topological polar surface area (TPSA) is 49.6 Å². The van der Waals surface area contributed by atoms with E-state index in [-0.39, 0.29) is 5.41 Å². The van der Waals surface area contributed by atoms with Crippen LogP contribution < -0.4 is 5.73 Å². The Morgan fingerprint density at radius 1 is 1.15 bits per heavy atom. The number of nitrogens with zero attached hydrogens (tertiary/aromatic N) is 2. The Bertz CT molecular complexity index is 318. The van der Waals surface area contributed by atoms with Gasteiger partial charge in [-0.25, -0.2) is 0 Å². The molecule has 4 nitrogen and oxygen atoms in total. The molecule has 1 atom stereocenters. The van der Waals surface area contributed by atoms with Gasteiger partial charge in [0.1, 0.15) is 0 Å². The first-order valence-electron chi connectivity index (χ1n) is 8.27. The highest BCUT2D eigenvalue weighted by molar-refractivity contribution is 5.82. The van der Waals surface area contributed by atoms with E-state index in [0.717, 1.165) is 52.1 Å². The molecule has 2 aliphatic rings. The Labute approximate surface area is 123 Å². The second-order valence-electron chi connectivity index (χ2n) is 7.06. The molecule has 1 saturated heterocycles. The van der Waals surface area contributed by atoms with E-state index in [0.29, 0.717) is 11.8 Å². The van der Waals surface area contributed by atoms with Crippen LogP contribution in [0.5, 0.6) is 0 Å². The molecule has 1 heterocycles. The highest BCUT2D eigenvalue weighted by Crippen LogP contribution is 2.37. The summed E-state index contributed by atoms with van der Waals surface area (Å²) in [6.07, 6.45) is 5.90. The fourth-order valence-corrected chi connectivity index (χ4v) is 3.58. The number of rotatable bonds is 4. The zero-order valence-corrected chi connectivity index (χ0v) is 13.2. The smallest absolute Gasteiger partial charge is 0.228 e. The van der Waals surface area contributed by atoms with Gasteiger partial charge in [0.25, 0.3) is 0 Å². The van der Waals surface area contributed by atoms with Crippen LogP contribution in [0.4, 0.5) is 0 Å². The number of piperazine rings is 1. The second-order valence-corrected chi connectivity index (χ2v) is 7.06. The molecular weight excluding hydrogens is 250 g/mol. The lowest BCUT2D eigenvalue weighted by Gasteiger charge is -2.41. The lowest BCUT2D eigenvalue weighted by molar-refractivity contribution is -0.145. The minimum atomic E-state index is -0.0784. The van der Waals surface area contributed by atoms with Crippen LogP contribution in [0.1, 0.15) is 46.0 Å². The van der Waals surface area contributed by atoms with Crippen LogP contribution in [-0.4, -0.2) is 55.0 Å². The summed E-state index contributed by atoms with van der Waals surface area (Å²) < 4.78 is 0. The Morgan fingerprint density at radius 2 is 1.75 bits per heavy atom. The van der Waals surface area contributed by atoms with Crippen molar-refractivity contribution in [1.29, 1.82) is 0 Å². The molecule has 0 aromatic heterocycles. The van der Waals surface area contributed by atoms with E-state index in [9.17, 15) is 4.79 Å². The molecule has 0 aromatic rings. The molecule has 20 heavy (non-hydrogen) atoms. The van der Waals surface area contributed by atoms with Gasteiger partial charge in [-0.05, 0) is 25.3 Å². The van der Waals surface area contributed by atoms with Gasteiger partial charge in [0.15, 0.2) is 0 Å². The van der Waals surface area contributed by atoms with E-state index >= 15 is 0 Å². The van der Waals surface area contributed by atoms with E-state index < -0.39 is 0 Å². The third-order valence-corrected chi connectivity index (χ3v) is 5.11. The maximum Gasteiger partial charge on any atom is 0.228 e. The first-order chi connectivity index (χ1) is 9.55. The number of amides is 1. The van der Waals surface area contributed by atoms with Crippen LogP contribution in [0.25, 0.3) is 0 Å². The summed E-state index contributed by atoms with van der Waals surface area (Å²) >= 11 is 0. The van der Waals surface area contributed by atoms with Crippen molar-refractivity contribution >= 4 is 5.91 Å². The van der Waals surface area contributed by atoms with E-state index in [2.05, 4.69) is 23.6 Å². The van der Waals surface area contributed by atoms with Gasteiger partial charge in [0.2, 0.25) is 5.91 Å². The fraction of sp³-hybridized carbons (Fsp3) is 0.938. The molecule has 2 N–H and O–H groups in total. The molecule has 0 aromatic carbocycles. The SMILES string of the molecule is CC(CN)CN1CCN(C(=O)C2(C)CCCCC2)CC1. The van der Waals surface area contributed by atoms with Gasteiger partial charge in [-0.2, -0.15) is 0 Å². The first kappa shape index (κ1) is 15.8. The van der Waals surface area contributed by atoms with Crippen molar-refractivity contribution in [2.45, 2.75) is 46.0 Å². The van der Waals surface area contributed by atoms with Gasteiger partial charge in [-0.1, -0.05) is 33.1 Å². The van der Waals surface area contributed by atoms with Crippen molar-refractivity contribution in [3.8, 4) is 0 Å². The van der Waals surface area contributed by atoms with Crippen molar-refractivity contribution in [3.05, 3.63) is 0 Å². The normalized spacial score (nSPS) is 25.4. The summed E-state index contributed by atoms with van der Waals surface area (Å²) in [7, 11) is 0. The first-order valence-corrected chi connectivity index (χ1v) is 8.27. The van der Waals surface area contributed by atoms with Crippen LogP contribution in [0.2, 0.25) is 0 Å². The highest BCUT2D eigenvalue weighted by atomic mass is 16.2. The lowest BCUT2D eigenvalue weighted by Crippen LogP contribution is -2.53. The molecule has 2 fully saturated rings. The highest BCUT2D eigenvalue weighted by Gasteiger charge is 2.38. The third-order valence-electron chi connectivity index (χ3n) is 5.11. The fourth-order valence-electron chi connectivity index (χ4n) is 3.58. The molecule has 1 saturated carbocycles. The van der Waals surface area contributed by atoms with Crippen LogP contribution in [0.15, 0.2) is 0 Å². The summed E-state index contributed by atoms with van der Waals surface area (Å²) in [6, 6.07) is 0. The van der Waals surface area contributed by atoms with Gasteiger partial charge in [0.05, 0.1) is 0 Å². The maximum absolute atomic E-state index is 12.7. The summed E-state index contributed by atoms with van der Waals surface area (Å²) in [5.74, 6) is 0.955. The molecule has 0 radical (unpaired) electrons. The second kappa shape index (κ2) is 6.90. The molecule has 1 unspecified atom stereocenters. The Balaban J connectivity index is 1.82. The summed E-state index contributed by atoms with van der Waals surface area (Å²) in [5.41, 5.74) is 5.61. The van der Waals surface area contributed by atoms with Crippen molar-refractivity contribution in [2.24, 2.45) is 17.1 Å². The van der Waals surface area contributed by atoms with Gasteiger partial charge in [0, 0.05) is 38.1 Å². The van der Waals surface area contributed by atoms with Gasteiger partial charge >= 0.3 is 0 Å². The van der Waals surface area contributed by atoms with Crippen LogP contribution in [0, 0.1) is 11.3 Å². The van der Waals surface area contributed by atoms with E-state index in [1.807, 2.05) is 0 Å². The third kappa shape index (κ3) is 3.73. The van der Waals surface area contributed by atoms with Crippen molar-refractivity contribution < 1.29 is 4.79 Å². The molecule has 0 spiro atoms. The average Bonchev–Trinajstić information content (AvgIpc) is 2.48. The molecular formula is C16H31N3O. The maximum atomic E-state index is 12.7.